The van der Waals surface area contributed by atoms with Crippen molar-refractivity contribution in [1.29, 1.82) is 0 Å². The first kappa shape index (κ1) is 29.0. The first-order chi connectivity index (χ1) is 21.4. The van der Waals surface area contributed by atoms with E-state index in [0.717, 1.165) is 100 Å². The fraction of sp³-hybridized carbons (Fsp3) is 0.758. The zero-order valence-corrected chi connectivity index (χ0v) is 26.3. The summed E-state index contributed by atoms with van der Waals surface area (Å²) in [6, 6.07) is 0.475. The van der Waals surface area contributed by atoms with Crippen LogP contribution in [-0.2, 0) is 42.8 Å². The van der Waals surface area contributed by atoms with Gasteiger partial charge >= 0.3 is 0 Å². The van der Waals surface area contributed by atoms with Gasteiger partial charge in [-0.3, -0.25) is 14.6 Å². The SMILES string of the molecule is CO[C@H]1CCN(C)[C@@H]1[C@H](C)Oc1nc(-c2onc3c2CCC[C@@]32CCCCC2=O)nc2c1CN(C1COC1)C[C@]21CCOC1. The minimum atomic E-state index is -0.524. The Labute approximate surface area is 258 Å². The van der Waals surface area contributed by atoms with Crippen molar-refractivity contribution < 1.29 is 28.3 Å². The van der Waals surface area contributed by atoms with E-state index in [-0.39, 0.29) is 23.7 Å². The number of ketones is 1. The molecule has 2 aliphatic carbocycles. The number of fused-ring (bicyclic) bond motifs is 4. The molecule has 11 heteroatoms. The lowest BCUT2D eigenvalue weighted by Crippen LogP contribution is -2.56. The third-order valence-corrected chi connectivity index (χ3v) is 11.6. The topological polar surface area (TPSA) is 112 Å². The third-order valence-electron chi connectivity index (χ3n) is 11.6. The smallest absolute Gasteiger partial charge is 0.222 e. The molecule has 11 nitrogen and oxygen atoms in total. The van der Waals surface area contributed by atoms with Gasteiger partial charge in [0.15, 0.2) is 0 Å². The molecule has 1 saturated carbocycles. The summed E-state index contributed by atoms with van der Waals surface area (Å²) < 4.78 is 30.6. The van der Waals surface area contributed by atoms with E-state index in [1.165, 1.54) is 0 Å². The fourth-order valence-corrected chi connectivity index (χ4v) is 9.06. The molecule has 6 heterocycles. The van der Waals surface area contributed by atoms with E-state index in [2.05, 4.69) is 28.9 Å². The van der Waals surface area contributed by atoms with Gasteiger partial charge in [-0.15, -0.1) is 0 Å². The highest BCUT2D eigenvalue weighted by atomic mass is 16.5. The maximum absolute atomic E-state index is 13.4. The number of methoxy groups -OCH3 is 1. The van der Waals surface area contributed by atoms with E-state index in [4.69, 9.17) is 33.4 Å². The van der Waals surface area contributed by atoms with Gasteiger partial charge in [0.1, 0.15) is 17.6 Å². The Morgan fingerprint density at radius 2 is 1.89 bits per heavy atom. The summed E-state index contributed by atoms with van der Waals surface area (Å²) >= 11 is 0. The van der Waals surface area contributed by atoms with E-state index in [9.17, 15) is 4.79 Å². The normalized spacial score (nSPS) is 33.5. The maximum atomic E-state index is 13.4. The summed E-state index contributed by atoms with van der Waals surface area (Å²) in [5.41, 5.74) is 3.08. The molecule has 0 radical (unpaired) electrons. The molecule has 6 aliphatic rings. The van der Waals surface area contributed by atoms with E-state index in [1.807, 2.05) is 0 Å². The molecule has 0 amide bonds. The van der Waals surface area contributed by atoms with Crippen molar-refractivity contribution >= 4 is 5.78 Å². The van der Waals surface area contributed by atoms with E-state index < -0.39 is 5.41 Å². The lowest BCUT2D eigenvalue weighted by molar-refractivity contribution is -0.127. The van der Waals surface area contributed by atoms with Crippen LogP contribution in [0.5, 0.6) is 5.88 Å². The molecule has 0 bridgehead atoms. The van der Waals surface area contributed by atoms with Crippen LogP contribution in [0.1, 0.15) is 80.8 Å². The number of rotatable bonds is 6. The number of likely N-dealkylation sites (N-methyl/N-ethyl adjacent to an activating group) is 1. The zero-order valence-electron chi connectivity index (χ0n) is 26.3. The molecule has 0 unspecified atom stereocenters. The highest BCUT2D eigenvalue weighted by Gasteiger charge is 2.51. The molecule has 0 N–H and O–H groups in total. The summed E-state index contributed by atoms with van der Waals surface area (Å²) in [6.45, 7) is 7.44. The number of Topliss-reactive ketones (excluding diaryl/α,β-unsaturated/α-hetero) is 1. The molecule has 44 heavy (non-hydrogen) atoms. The second kappa shape index (κ2) is 11.1. The van der Waals surface area contributed by atoms with Crippen molar-refractivity contribution in [2.45, 2.75) is 106 Å². The monoisotopic (exact) mass is 607 g/mol. The Kier molecular flexibility index (Phi) is 7.33. The van der Waals surface area contributed by atoms with Gasteiger partial charge in [-0.05, 0) is 58.9 Å². The van der Waals surface area contributed by atoms with Gasteiger partial charge in [-0.1, -0.05) is 11.6 Å². The van der Waals surface area contributed by atoms with Crippen LogP contribution in [0.2, 0.25) is 0 Å². The minimum absolute atomic E-state index is 0.0934. The van der Waals surface area contributed by atoms with Crippen molar-refractivity contribution in [3.63, 3.8) is 0 Å². The van der Waals surface area contributed by atoms with Crippen LogP contribution < -0.4 is 4.74 Å². The van der Waals surface area contributed by atoms with Gasteiger partial charge in [-0.25, -0.2) is 4.98 Å². The predicted molar refractivity (Wildman–Crippen MR) is 160 cm³/mol. The molecule has 4 aliphatic heterocycles. The molecule has 8 rings (SSSR count). The number of nitrogens with zero attached hydrogens (tertiary/aromatic N) is 5. The van der Waals surface area contributed by atoms with Crippen LogP contribution in [0.15, 0.2) is 4.52 Å². The van der Waals surface area contributed by atoms with Crippen molar-refractivity contribution in [1.82, 2.24) is 24.9 Å². The molecule has 2 aromatic rings. The number of aromatic nitrogens is 3. The molecular weight excluding hydrogens is 562 g/mol. The Hall–Kier alpha value is -2.44. The lowest BCUT2D eigenvalue weighted by atomic mass is 9.64. The van der Waals surface area contributed by atoms with Crippen LogP contribution in [0.4, 0.5) is 0 Å². The quantitative estimate of drug-likeness (QED) is 0.483. The molecule has 2 spiro atoms. The first-order valence-electron chi connectivity index (χ1n) is 16.7. The van der Waals surface area contributed by atoms with Crippen LogP contribution >= 0.6 is 0 Å². The number of hydrogen-bond donors (Lipinski definition) is 0. The van der Waals surface area contributed by atoms with Gasteiger partial charge in [-0.2, -0.15) is 4.98 Å². The zero-order chi connectivity index (χ0) is 30.1. The van der Waals surface area contributed by atoms with Crippen LogP contribution in [-0.4, -0.2) is 109 Å². The number of carbonyl (C=O) groups excluding carboxylic acids is 1. The Morgan fingerprint density at radius 3 is 2.64 bits per heavy atom. The maximum Gasteiger partial charge on any atom is 0.222 e. The van der Waals surface area contributed by atoms with Gasteiger partial charge in [0, 0.05) is 45.3 Å². The van der Waals surface area contributed by atoms with Gasteiger partial charge in [0.05, 0.1) is 60.1 Å². The van der Waals surface area contributed by atoms with Gasteiger partial charge < -0.3 is 23.5 Å². The van der Waals surface area contributed by atoms with Crippen molar-refractivity contribution in [2.24, 2.45) is 0 Å². The van der Waals surface area contributed by atoms with Gasteiger partial charge in [0.2, 0.25) is 17.5 Å². The number of likely N-dealkylation sites (tertiary alicyclic amines) is 1. The second-order valence-electron chi connectivity index (χ2n) is 14.1. The Morgan fingerprint density at radius 1 is 1.02 bits per heavy atom. The molecule has 3 saturated heterocycles. The molecule has 4 fully saturated rings. The van der Waals surface area contributed by atoms with E-state index in [1.54, 1.807) is 7.11 Å². The Bertz CT molecular complexity index is 1420. The molecule has 238 valence electrons. The predicted octanol–water partition coefficient (Wildman–Crippen LogP) is 3.21. The summed E-state index contributed by atoms with van der Waals surface area (Å²) in [5.74, 6) is 2.02. The lowest BCUT2D eigenvalue weighted by Gasteiger charge is -2.46. The molecule has 2 aromatic heterocycles. The van der Waals surface area contributed by atoms with Crippen molar-refractivity contribution in [3.05, 3.63) is 22.5 Å². The minimum Gasteiger partial charge on any atom is -0.473 e. The molecular formula is C33H45N5O6. The first-order valence-corrected chi connectivity index (χ1v) is 16.7. The largest absolute Gasteiger partial charge is 0.473 e. The summed E-state index contributed by atoms with van der Waals surface area (Å²) in [5, 5.41) is 4.61. The summed E-state index contributed by atoms with van der Waals surface area (Å²) in [4.78, 5) is 28.7. The highest BCUT2D eigenvalue weighted by molar-refractivity contribution is 5.91. The van der Waals surface area contributed by atoms with Crippen LogP contribution in [0.3, 0.4) is 0 Å². The van der Waals surface area contributed by atoms with Crippen LogP contribution in [0.25, 0.3) is 11.6 Å². The molecule has 5 atom stereocenters. The van der Waals surface area contributed by atoms with Crippen LogP contribution in [0, 0.1) is 0 Å². The average Bonchev–Trinajstić information content (AvgIpc) is 3.73. The van der Waals surface area contributed by atoms with E-state index in [0.29, 0.717) is 55.5 Å². The van der Waals surface area contributed by atoms with Crippen molar-refractivity contribution in [3.8, 4) is 17.5 Å². The van der Waals surface area contributed by atoms with E-state index >= 15 is 0 Å². The molecule has 0 aromatic carbocycles. The second-order valence-corrected chi connectivity index (χ2v) is 14.1. The van der Waals surface area contributed by atoms with Gasteiger partial charge in [0.25, 0.3) is 0 Å². The average molecular weight is 608 g/mol. The third kappa shape index (κ3) is 4.48. The summed E-state index contributed by atoms with van der Waals surface area (Å²) in [7, 11) is 3.92. The number of hydrogen-bond acceptors (Lipinski definition) is 11. The summed E-state index contributed by atoms with van der Waals surface area (Å²) in [6.07, 6.45) is 7.84. The highest BCUT2D eigenvalue weighted by Crippen LogP contribution is 2.48. The van der Waals surface area contributed by atoms with Crippen molar-refractivity contribution in [2.75, 3.05) is 53.7 Å². The number of ether oxygens (including phenoxy) is 4. The standard InChI is InChI=1S/C33H45N5O6/c1-20(26-24(40-3)9-13-37(26)2)43-31-23-15-38(21-16-42-17-21)18-32(12-14-41-19-32)28(23)34-30(35-31)27-22-7-6-11-33(29(22)36-44-27)10-5-4-8-25(33)39/h20-21,24,26H,4-19H2,1-3H3/t20-,24-,26+,32-,33+/m0/s1. The fourth-order valence-electron chi connectivity index (χ4n) is 9.06. The number of carbonyl (C=O) groups is 1. The Balaban J connectivity index is 1.24.